The van der Waals surface area contributed by atoms with E-state index in [0.29, 0.717) is 23.1 Å². The van der Waals surface area contributed by atoms with Crippen molar-refractivity contribution in [3.8, 4) is 22.5 Å². The SMILES string of the molecule is CON=C1CCc2cc(-c3cc(C(=O)OC(=O)C(F)(F)F)oc3-c3ccncc3)ccc21. The molecule has 0 saturated heterocycles. The predicted molar refractivity (Wildman–Crippen MR) is 106 cm³/mol. The van der Waals surface area contributed by atoms with E-state index in [0.717, 1.165) is 23.3 Å². The first-order valence-corrected chi connectivity index (χ1v) is 9.39. The average Bonchev–Trinajstić information content (AvgIpc) is 3.38. The number of furan rings is 1. The Balaban J connectivity index is 1.76. The van der Waals surface area contributed by atoms with Gasteiger partial charge in [0.2, 0.25) is 5.76 Å². The van der Waals surface area contributed by atoms with Gasteiger partial charge in [-0.2, -0.15) is 13.2 Å². The van der Waals surface area contributed by atoms with Gasteiger partial charge in [-0.3, -0.25) is 4.98 Å². The summed E-state index contributed by atoms with van der Waals surface area (Å²) in [6, 6.07) is 10.0. The van der Waals surface area contributed by atoms with Crippen molar-refractivity contribution in [2.75, 3.05) is 7.11 Å². The number of hydrogen-bond donors (Lipinski definition) is 0. The molecule has 0 atom stereocenters. The molecule has 1 aliphatic carbocycles. The number of nitrogens with zero attached hydrogens (tertiary/aromatic N) is 2. The Bertz CT molecular complexity index is 1220. The highest BCUT2D eigenvalue weighted by molar-refractivity contribution is 6.05. The molecule has 4 rings (SSSR count). The molecule has 0 N–H and O–H groups in total. The van der Waals surface area contributed by atoms with Gasteiger partial charge in [0.1, 0.15) is 12.9 Å². The minimum Gasteiger partial charge on any atom is -0.448 e. The number of rotatable bonds is 4. The number of oxime groups is 1. The van der Waals surface area contributed by atoms with E-state index in [-0.39, 0.29) is 5.76 Å². The van der Waals surface area contributed by atoms with Crippen LogP contribution in [0, 0.1) is 0 Å². The van der Waals surface area contributed by atoms with Gasteiger partial charge in [0.05, 0.1) is 5.71 Å². The van der Waals surface area contributed by atoms with Crippen LogP contribution in [0.3, 0.4) is 0 Å². The van der Waals surface area contributed by atoms with E-state index >= 15 is 0 Å². The molecular weight excluding hydrogens is 429 g/mol. The number of alkyl halides is 3. The van der Waals surface area contributed by atoms with Crippen LogP contribution in [0.4, 0.5) is 13.2 Å². The first-order valence-electron chi connectivity index (χ1n) is 9.39. The third-order valence-electron chi connectivity index (χ3n) is 4.85. The molecule has 0 unspecified atom stereocenters. The smallest absolute Gasteiger partial charge is 0.448 e. The van der Waals surface area contributed by atoms with Crippen LogP contribution in [0.5, 0.6) is 0 Å². The zero-order valence-corrected chi connectivity index (χ0v) is 16.6. The van der Waals surface area contributed by atoms with Crippen LogP contribution in [-0.2, 0) is 20.8 Å². The number of fused-ring (bicyclic) bond motifs is 1. The molecule has 2 heterocycles. The Morgan fingerprint density at radius 3 is 2.47 bits per heavy atom. The summed E-state index contributed by atoms with van der Waals surface area (Å²) in [6.45, 7) is 0. The summed E-state index contributed by atoms with van der Waals surface area (Å²) in [5.74, 6) is -4.47. The normalized spacial score (nSPS) is 14.3. The lowest BCUT2D eigenvalue weighted by Gasteiger charge is -2.06. The fraction of sp³-hybridized carbons (Fsp3) is 0.182. The van der Waals surface area contributed by atoms with Crippen LogP contribution in [0.15, 0.2) is 58.4 Å². The minimum absolute atomic E-state index is 0.225. The second-order valence-corrected chi connectivity index (χ2v) is 6.86. The van der Waals surface area contributed by atoms with Crippen molar-refractivity contribution in [1.82, 2.24) is 4.98 Å². The molecular formula is C22H15F3N2O5. The average molecular weight is 444 g/mol. The molecule has 0 saturated carbocycles. The molecule has 0 aliphatic heterocycles. The van der Waals surface area contributed by atoms with Gasteiger partial charge in [0, 0.05) is 29.1 Å². The summed E-state index contributed by atoms with van der Waals surface area (Å²) in [5, 5.41) is 4.01. The number of pyridine rings is 1. The molecule has 0 fully saturated rings. The van der Waals surface area contributed by atoms with Gasteiger partial charge in [-0.05, 0) is 42.2 Å². The van der Waals surface area contributed by atoms with Gasteiger partial charge in [-0.25, -0.2) is 9.59 Å². The molecule has 1 aromatic carbocycles. The fourth-order valence-corrected chi connectivity index (χ4v) is 3.46. The topological polar surface area (TPSA) is 91.0 Å². The Labute approximate surface area is 179 Å². The monoisotopic (exact) mass is 444 g/mol. The van der Waals surface area contributed by atoms with Gasteiger partial charge < -0.3 is 14.0 Å². The van der Waals surface area contributed by atoms with E-state index in [1.54, 1.807) is 18.2 Å². The van der Waals surface area contributed by atoms with Crippen molar-refractivity contribution >= 4 is 17.7 Å². The van der Waals surface area contributed by atoms with Crippen molar-refractivity contribution in [3.05, 3.63) is 65.7 Å². The van der Waals surface area contributed by atoms with Crippen molar-refractivity contribution in [2.45, 2.75) is 19.0 Å². The van der Waals surface area contributed by atoms with Crippen LogP contribution in [0.25, 0.3) is 22.5 Å². The number of benzene rings is 1. The maximum absolute atomic E-state index is 12.5. The third kappa shape index (κ3) is 4.11. The quantitative estimate of drug-likeness (QED) is 0.333. The Hall–Kier alpha value is -3.95. The largest absolute Gasteiger partial charge is 0.491 e. The van der Waals surface area contributed by atoms with Gasteiger partial charge in [0.15, 0.2) is 0 Å². The number of hydrogen-bond acceptors (Lipinski definition) is 7. The van der Waals surface area contributed by atoms with Crippen LogP contribution < -0.4 is 0 Å². The molecule has 164 valence electrons. The van der Waals surface area contributed by atoms with Crippen molar-refractivity contribution in [2.24, 2.45) is 5.16 Å². The van der Waals surface area contributed by atoms with E-state index in [1.165, 1.54) is 25.6 Å². The second kappa shape index (κ2) is 8.29. The van der Waals surface area contributed by atoms with E-state index in [1.807, 2.05) is 12.1 Å². The highest BCUT2D eigenvalue weighted by Crippen LogP contribution is 2.37. The van der Waals surface area contributed by atoms with E-state index < -0.39 is 23.9 Å². The molecule has 32 heavy (non-hydrogen) atoms. The van der Waals surface area contributed by atoms with E-state index in [9.17, 15) is 22.8 Å². The van der Waals surface area contributed by atoms with Crippen LogP contribution in [0.2, 0.25) is 0 Å². The Morgan fingerprint density at radius 1 is 1.03 bits per heavy atom. The first-order chi connectivity index (χ1) is 15.3. The molecule has 0 spiro atoms. The van der Waals surface area contributed by atoms with Gasteiger partial charge in [0.25, 0.3) is 0 Å². The zero-order chi connectivity index (χ0) is 22.9. The summed E-state index contributed by atoms with van der Waals surface area (Å²) < 4.78 is 46.9. The lowest BCUT2D eigenvalue weighted by atomic mass is 9.98. The number of carbonyl (C=O) groups excluding carboxylic acids is 2. The van der Waals surface area contributed by atoms with E-state index in [2.05, 4.69) is 14.9 Å². The maximum atomic E-state index is 12.5. The molecule has 3 aromatic rings. The minimum atomic E-state index is -5.31. The summed E-state index contributed by atoms with van der Waals surface area (Å²) in [6.07, 6.45) is -0.873. The molecule has 0 amide bonds. The molecule has 2 aromatic heterocycles. The van der Waals surface area contributed by atoms with Gasteiger partial charge >= 0.3 is 18.1 Å². The number of aromatic nitrogens is 1. The van der Waals surface area contributed by atoms with E-state index in [4.69, 9.17) is 9.25 Å². The maximum Gasteiger partial charge on any atom is 0.491 e. The number of halogens is 3. The van der Waals surface area contributed by atoms with Crippen molar-refractivity contribution in [1.29, 1.82) is 0 Å². The highest BCUT2D eigenvalue weighted by atomic mass is 19.4. The Kier molecular flexibility index (Phi) is 5.52. The lowest BCUT2D eigenvalue weighted by molar-refractivity contribution is -0.193. The standard InChI is InChI=1S/C22H15F3N2O5/c1-30-27-17-5-3-13-10-14(2-4-15(13)17)16-11-18(20(28)32-21(29)22(23,24)25)31-19(16)12-6-8-26-9-7-12/h2,4,6-11H,3,5H2,1H3. The lowest BCUT2D eigenvalue weighted by Crippen LogP contribution is -2.27. The first kappa shape index (κ1) is 21.3. The van der Waals surface area contributed by atoms with Crippen LogP contribution >= 0.6 is 0 Å². The van der Waals surface area contributed by atoms with Crippen LogP contribution in [0.1, 0.15) is 28.1 Å². The molecule has 0 bridgehead atoms. The number of aryl methyl sites for hydroxylation is 1. The fourth-order valence-electron chi connectivity index (χ4n) is 3.46. The second-order valence-electron chi connectivity index (χ2n) is 6.86. The van der Waals surface area contributed by atoms with Gasteiger partial charge in [-0.15, -0.1) is 0 Å². The molecule has 1 aliphatic rings. The number of ether oxygens (including phenoxy) is 1. The number of carbonyl (C=O) groups is 2. The predicted octanol–water partition coefficient (Wildman–Crippen LogP) is 4.55. The molecule has 7 nitrogen and oxygen atoms in total. The van der Waals surface area contributed by atoms with Crippen LogP contribution in [-0.4, -0.2) is 35.9 Å². The molecule has 10 heteroatoms. The Morgan fingerprint density at radius 2 is 1.78 bits per heavy atom. The molecule has 0 radical (unpaired) electrons. The number of esters is 2. The third-order valence-corrected chi connectivity index (χ3v) is 4.85. The summed E-state index contributed by atoms with van der Waals surface area (Å²) in [7, 11) is 1.47. The highest BCUT2D eigenvalue weighted by Gasteiger charge is 2.43. The van der Waals surface area contributed by atoms with Gasteiger partial charge in [-0.1, -0.05) is 23.4 Å². The van der Waals surface area contributed by atoms with Crippen molar-refractivity contribution in [3.63, 3.8) is 0 Å². The summed E-state index contributed by atoms with van der Waals surface area (Å²) >= 11 is 0. The zero-order valence-electron chi connectivity index (χ0n) is 16.6. The van der Waals surface area contributed by atoms with Crippen molar-refractivity contribution < 1.29 is 36.8 Å². The summed E-state index contributed by atoms with van der Waals surface area (Å²) in [5.41, 5.74) is 4.39. The summed E-state index contributed by atoms with van der Waals surface area (Å²) in [4.78, 5) is 32.0.